The lowest BCUT2D eigenvalue weighted by Gasteiger charge is -2.35. The van der Waals surface area contributed by atoms with E-state index in [1.165, 1.54) is 13.2 Å². The van der Waals surface area contributed by atoms with Gasteiger partial charge >= 0.3 is 6.18 Å². The molecule has 1 aromatic carbocycles. The van der Waals surface area contributed by atoms with Gasteiger partial charge in [0.2, 0.25) is 5.91 Å². The fraction of sp³-hybridized carbons (Fsp3) is 0.632. The molecule has 9 heteroatoms. The zero-order valence-electron chi connectivity index (χ0n) is 15.9. The Balaban J connectivity index is 0.00000392. The van der Waals surface area contributed by atoms with Gasteiger partial charge in [0.05, 0.1) is 17.9 Å². The topological polar surface area (TPSA) is 73.6 Å². The summed E-state index contributed by atoms with van der Waals surface area (Å²) in [5.41, 5.74) is 4.79. The summed E-state index contributed by atoms with van der Waals surface area (Å²) in [6.45, 7) is 0.836. The molecule has 0 aromatic heterocycles. The van der Waals surface area contributed by atoms with Gasteiger partial charge in [-0.3, -0.25) is 4.79 Å². The molecule has 0 saturated heterocycles. The lowest BCUT2D eigenvalue weighted by Crippen LogP contribution is -2.36. The SMILES string of the molecule is COCCOc1ccc(C(F)(F)F)cc1NC(=O)CC1(CN)CCCCC1.Cl. The first-order chi connectivity index (χ1) is 12.8. The zero-order valence-corrected chi connectivity index (χ0v) is 16.8. The summed E-state index contributed by atoms with van der Waals surface area (Å²) in [6, 6.07) is 3.05. The normalized spacial score (nSPS) is 16.2. The number of amides is 1. The molecular formula is C19H28ClF3N2O3. The van der Waals surface area contributed by atoms with Crippen LogP contribution in [-0.4, -0.2) is 32.8 Å². The third-order valence-electron chi connectivity index (χ3n) is 5.01. The van der Waals surface area contributed by atoms with E-state index in [1.54, 1.807) is 0 Å². The van der Waals surface area contributed by atoms with Crippen LogP contribution >= 0.6 is 12.4 Å². The molecule has 1 amide bonds. The first-order valence-corrected chi connectivity index (χ1v) is 9.12. The highest BCUT2D eigenvalue weighted by Gasteiger charge is 2.34. The predicted octanol–water partition coefficient (Wildman–Crippen LogP) is 4.39. The minimum Gasteiger partial charge on any atom is -0.489 e. The van der Waals surface area contributed by atoms with Crippen LogP contribution in [0.5, 0.6) is 5.75 Å². The number of anilines is 1. The van der Waals surface area contributed by atoms with Crippen LogP contribution in [0.3, 0.4) is 0 Å². The summed E-state index contributed by atoms with van der Waals surface area (Å²) in [7, 11) is 1.50. The molecule has 3 N–H and O–H groups in total. The van der Waals surface area contributed by atoms with Crippen LogP contribution in [0.15, 0.2) is 18.2 Å². The van der Waals surface area contributed by atoms with Gasteiger partial charge in [-0.25, -0.2) is 0 Å². The number of hydrogen-bond donors (Lipinski definition) is 2. The number of rotatable bonds is 8. The highest BCUT2D eigenvalue weighted by atomic mass is 35.5. The number of methoxy groups -OCH3 is 1. The summed E-state index contributed by atoms with van der Waals surface area (Å²) >= 11 is 0. The van der Waals surface area contributed by atoms with Gasteiger partial charge in [-0.05, 0) is 43.0 Å². The second-order valence-electron chi connectivity index (χ2n) is 7.04. The van der Waals surface area contributed by atoms with Crippen molar-refractivity contribution in [3.05, 3.63) is 23.8 Å². The number of carbonyl (C=O) groups excluding carboxylic acids is 1. The Hall–Kier alpha value is -1.51. The van der Waals surface area contributed by atoms with E-state index < -0.39 is 11.7 Å². The molecule has 0 bridgehead atoms. The number of hydrogen-bond acceptors (Lipinski definition) is 4. The summed E-state index contributed by atoms with van der Waals surface area (Å²) in [5.74, 6) is -0.169. The summed E-state index contributed by atoms with van der Waals surface area (Å²) < 4.78 is 49.5. The Morgan fingerprint density at radius 1 is 1.21 bits per heavy atom. The molecule has 28 heavy (non-hydrogen) atoms. The first-order valence-electron chi connectivity index (χ1n) is 9.12. The van der Waals surface area contributed by atoms with Gasteiger partial charge in [0, 0.05) is 13.5 Å². The van der Waals surface area contributed by atoms with Crippen molar-refractivity contribution in [3.8, 4) is 5.75 Å². The summed E-state index contributed by atoms with van der Waals surface area (Å²) in [4.78, 5) is 12.6. The molecule has 0 unspecified atom stereocenters. The minimum absolute atomic E-state index is 0. The Bertz CT molecular complexity index is 635. The molecule has 2 rings (SSSR count). The smallest absolute Gasteiger partial charge is 0.416 e. The Morgan fingerprint density at radius 2 is 1.89 bits per heavy atom. The quantitative estimate of drug-likeness (QED) is 0.607. The Kier molecular flexibility index (Phi) is 9.53. The molecule has 0 aliphatic heterocycles. The van der Waals surface area contributed by atoms with Gasteiger partial charge in [0.1, 0.15) is 12.4 Å². The number of benzene rings is 1. The van der Waals surface area contributed by atoms with Crippen LogP contribution < -0.4 is 15.8 Å². The third-order valence-corrected chi connectivity index (χ3v) is 5.01. The molecule has 160 valence electrons. The molecule has 1 fully saturated rings. The molecule has 1 saturated carbocycles. The van der Waals surface area contributed by atoms with Crippen molar-refractivity contribution in [2.75, 3.05) is 32.2 Å². The third kappa shape index (κ3) is 6.83. The maximum atomic E-state index is 13.0. The van der Waals surface area contributed by atoms with Crippen LogP contribution in [0.2, 0.25) is 0 Å². The van der Waals surface area contributed by atoms with Gasteiger partial charge in [-0.1, -0.05) is 19.3 Å². The Morgan fingerprint density at radius 3 is 2.46 bits per heavy atom. The standard InChI is InChI=1S/C19H27F3N2O3.ClH/c1-26-9-10-27-16-6-5-14(19(20,21)22)11-15(16)24-17(25)12-18(13-23)7-3-2-4-8-18;/h5-6,11H,2-4,7-10,12-13,23H2,1H3,(H,24,25);1H. The molecule has 1 aliphatic rings. The summed E-state index contributed by atoms with van der Waals surface area (Å²) in [6.07, 6.45) is 0.546. The number of nitrogens with one attached hydrogen (secondary N) is 1. The molecule has 0 heterocycles. The minimum atomic E-state index is -4.51. The van der Waals surface area contributed by atoms with Crippen LogP contribution in [0.4, 0.5) is 18.9 Å². The van der Waals surface area contributed by atoms with Crippen molar-refractivity contribution >= 4 is 24.0 Å². The van der Waals surface area contributed by atoms with Crippen LogP contribution in [-0.2, 0) is 15.7 Å². The van der Waals surface area contributed by atoms with Crippen molar-refractivity contribution in [2.24, 2.45) is 11.1 Å². The molecule has 5 nitrogen and oxygen atoms in total. The van der Waals surface area contributed by atoms with Crippen molar-refractivity contribution in [1.29, 1.82) is 0 Å². The van der Waals surface area contributed by atoms with Crippen LogP contribution in [0.1, 0.15) is 44.1 Å². The lowest BCUT2D eigenvalue weighted by atomic mass is 9.71. The maximum absolute atomic E-state index is 13.0. The second-order valence-corrected chi connectivity index (χ2v) is 7.04. The summed E-state index contributed by atoms with van der Waals surface area (Å²) in [5, 5.41) is 2.60. The largest absolute Gasteiger partial charge is 0.489 e. The highest BCUT2D eigenvalue weighted by molar-refractivity contribution is 5.92. The fourth-order valence-electron chi connectivity index (χ4n) is 3.45. The molecule has 0 radical (unpaired) electrons. The van der Waals surface area contributed by atoms with E-state index >= 15 is 0 Å². The number of halogens is 4. The van der Waals surface area contributed by atoms with Crippen molar-refractivity contribution in [3.63, 3.8) is 0 Å². The Labute approximate surface area is 169 Å². The van der Waals surface area contributed by atoms with E-state index in [-0.39, 0.29) is 54.8 Å². The number of ether oxygens (including phenoxy) is 2. The molecule has 1 aromatic rings. The van der Waals surface area contributed by atoms with Crippen LogP contribution in [0, 0.1) is 5.41 Å². The molecule has 0 spiro atoms. The van der Waals surface area contributed by atoms with Gasteiger partial charge in [-0.2, -0.15) is 13.2 Å². The van der Waals surface area contributed by atoms with Crippen molar-refractivity contribution < 1.29 is 27.4 Å². The monoisotopic (exact) mass is 424 g/mol. The average Bonchev–Trinajstić information content (AvgIpc) is 2.63. The number of alkyl halides is 3. The van der Waals surface area contributed by atoms with Crippen LogP contribution in [0.25, 0.3) is 0 Å². The maximum Gasteiger partial charge on any atom is 0.416 e. The highest BCUT2D eigenvalue weighted by Crippen LogP contribution is 2.39. The van der Waals surface area contributed by atoms with Crippen molar-refractivity contribution in [1.82, 2.24) is 0 Å². The predicted molar refractivity (Wildman–Crippen MR) is 104 cm³/mol. The molecule has 1 aliphatic carbocycles. The molecular weight excluding hydrogens is 397 g/mol. The number of carbonyl (C=O) groups is 1. The van der Waals surface area contributed by atoms with E-state index in [4.69, 9.17) is 15.2 Å². The first kappa shape index (κ1) is 24.5. The van der Waals surface area contributed by atoms with E-state index in [9.17, 15) is 18.0 Å². The van der Waals surface area contributed by atoms with Crippen molar-refractivity contribution in [2.45, 2.75) is 44.7 Å². The van der Waals surface area contributed by atoms with E-state index in [0.717, 1.165) is 44.2 Å². The fourth-order valence-corrected chi connectivity index (χ4v) is 3.45. The van der Waals surface area contributed by atoms with Gasteiger partial charge in [0.25, 0.3) is 0 Å². The molecule has 0 atom stereocenters. The average molecular weight is 425 g/mol. The van der Waals surface area contributed by atoms with Gasteiger partial charge in [-0.15, -0.1) is 12.4 Å². The zero-order chi connectivity index (χ0) is 19.9. The lowest BCUT2D eigenvalue weighted by molar-refractivity contribution is -0.137. The second kappa shape index (κ2) is 10.9. The van der Waals surface area contributed by atoms with E-state index in [2.05, 4.69) is 5.32 Å². The van der Waals surface area contributed by atoms with E-state index in [1.807, 2.05) is 0 Å². The number of nitrogens with two attached hydrogens (primary N) is 1. The van der Waals surface area contributed by atoms with Gasteiger partial charge in [0.15, 0.2) is 0 Å². The van der Waals surface area contributed by atoms with Gasteiger partial charge < -0.3 is 20.5 Å². The van der Waals surface area contributed by atoms with E-state index in [0.29, 0.717) is 6.54 Å².